The van der Waals surface area contributed by atoms with Gasteiger partial charge in [-0.1, -0.05) is 0 Å². The Balaban J connectivity index is -0.0000000450. The van der Waals surface area contributed by atoms with Gasteiger partial charge in [0.2, 0.25) is 0 Å². The van der Waals surface area contributed by atoms with Crippen LogP contribution in [0.4, 0.5) is 0 Å². The average Bonchev–Trinajstić information content (AvgIpc) is 0.811. The molecule has 0 N–H and O–H groups in total. The first-order chi connectivity index (χ1) is 1.73. The fourth-order valence-corrected chi connectivity index (χ4v) is 0. The Morgan fingerprint density at radius 2 is 1.00 bits per heavy atom. The molecule has 0 saturated carbocycles. The molecule has 0 atom stereocenters. The Hall–Kier alpha value is 1.39. The van der Waals surface area contributed by atoms with Crippen LogP contribution in [0.25, 0.3) is 0 Å². The summed E-state index contributed by atoms with van der Waals surface area (Å²) in [5.41, 5.74) is 0. The molecule has 0 spiro atoms. The Morgan fingerprint density at radius 3 is 1.00 bits per heavy atom. The van der Waals surface area contributed by atoms with Crippen molar-refractivity contribution < 1.29 is 34.6 Å². The summed E-state index contributed by atoms with van der Waals surface area (Å²) in [6, 6.07) is 0. The maximum Gasteiger partial charge on any atom is 3.00 e. The second-order valence-electron chi connectivity index (χ2n) is 0.289. The molecular formula is BO3SbZn+2. The van der Waals surface area contributed by atoms with Crippen molar-refractivity contribution >= 4 is 31.7 Å². The van der Waals surface area contributed by atoms with Gasteiger partial charge in [0.25, 0.3) is 0 Å². The van der Waals surface area contributed by atoms with Crippen molar-refractivity contribution in [1.29, 1.82) is 0 Å². The van der Waals surface area contributed by atoms with Crippen LogP contribution >= 0.6 is 0 Å². The minimum absolute atomic E-state index is 0. The zero-order valence-corrected chi connectivity index (χ0v) is 8.48. The smallest absolute Gasteiger partial charge is 0.907 e. The molecule has 0 saturated heterocycles. The van der Waals surface area contributed by atoms with E-state index in [9.17, 15) is 0 Å². The summed E-state index contributed by atoms with van der Waals surface area (Å²) in [5.74, 6) is 0. The Labute approximate surface area is 66.1 Å². The van der Waals surface area contributed by atoms with Crippen molar-refractivity contribution in [2.45, 2.75) is 0 Å². The van der Waals surface area contributed by atoms with Gasteiger partial charge >= 0.3 is 43.9 Å². The third kappa shape index (κ3) is 53.9. The van der Waals surface area contributed by atoms with E-state index in [4.69, 9.17) is 15.1 Å². The summed E-state index contributed by atoms with van der Waals surface area (Å²) >= 11 is 0. The van der Waals surface area contributed by atoms with Crippen molar-refractivity contribution in [1.82, 2.24) is 0 Å². The summed E-state index contributed by atoms with van der Waals surface area (Å²) in [6.45, 7) is 0. The quantitative estimate of drug-likeness (QED) is 0.406. The zero-order valence-electron chi connectivity index (χ0n) is 2.96. The summed E-state index contributed by atoms with van der Waals surface area (Å²) in [7, 11) is -2.92. The minimum atomic E-state index is -2.92. The number of hydrogen-bond acceptors (Lipinski definition) is 3. The van der Waals surface area contributed by atoms with Crippen molar-refractivity contribution in [3.63, 3.8) is 0 Å². The average molecular weight is 246 g/mol. The molecule has 3 nitrogen and oxygen atoms in total. The summed E-state index contributed by atoms with van der Waals surface area (Å²) in [6.07, 6.45) is 0. The zero-order chi connectivity index (χ0) is 3.58. The van der Waals surface area contributed by atoms with Gasteiger partial charge in [-0.3, -0.25) is 7.32 Å². The maximum absolute atomic E-state index is 8.42. The molecule has 0 rings (SSSR count). The molecule has 0 aliphatic carbocycles. The molecule has 0 aliphatic heterocycles. The van der Waals surface area contributed by atoms with Gasteiger partial charge in [-0.15, -0.1) is 0 Å². The van der Waals surface area contributed by atoms with Gasteiger partial charge in [-0.25, -0.2) is 0 Å². The standard InChI is InChI=1S/BO3.Sb.Zn/c2-1(3)4;;/q-3;+3;+2. The summed E-state index contributed by atoms with van der Waals surface area (Å²) < 4.78 is 0. The van der Waals surface area contributed by atoms with Crippen LogP contribution in [0.1, 0.15) is 0 Å². The van der Waals surface area contributed by atoms with Crippen molar-refractivity contribution in [3.05, 3.63) is 0 Å². The first-order valence-electron chi connectivity index (χ1n) is 0.707. The van der Waals surface area contributed by atoms with Crippen LogP contribution in [0.2, 0.25) is 0 Å². The van der Waals surface area contributed by atoms with Crippen molar-refractivity contribution in [2.24, 2.45) is 0 Å². The molecule has 2 radical (unpaired) electrons. The minimum Gasteiger partial charge on any atom is -0.907 e. The van der Waals surface area contributed by atoms with E-state index in [0.717, 1.165) is 0 Å². The largest absolute Gasteiger partial charge is 3.00 e. The molecule has 0 unspecified atom stereocenters. The maximum atomic E-state index is 8.42. The van der Waals surface area contributed by atoms with Crippen LogP contribution in [-0.4, -0.2) is 31.7 Å². The molecule has 6 heavy (non-hydrogen) atoms. The second kappa shape index (κ2) is 9.63. The van der Waals surface area contributed by atoms with Crippen LogP contribution in [0.3, 0.4) is 0 Å². The van der Waals surface area contributed by atoms with Crippen LogP contribution in [-0.2, 0) is 19.5 Å². The van der Waals surface area contributed by atoms with E-state index in [0.29, 0.717) is 0 Å². The molecule has 26 valence electrons. The van der Waals surface area contributed by atoms with Gasteiger partial charge in [0.1, 0.15) is 0 Å². The molecule has 0 aromatic rings. The van der Waals surface area contributed by atoms with E-state index in [1.165, 1.54) is 0 Å². The van der Waals surface area contributed by atoms with E-state index >= 15 is 0 Å². The van der Waals surface area contributed by atoms with Gasteiger partial charge < -0.3 is 15.1 Å². The Bertz CT molecular complexity index is 15.5. The molecule has 0 aliphatic rings. The molecule has 0 aromatic carbocycles. The molecule has 0 amide bonds. The first kappa shape index (κ1) is 15.7. The molecule has 0 heterocycles. The van der Waals surface area contributed by atoms with Crippen molar-refractivity contribution in [3.8, 4) is 0 Å². The van der Waals surface area contributed by atoms with Crippen LogP contribution in [0.5, 0.6) is 0 Å². The number of rotatable bonds is 0. The summed E-state index contributed by atoms with van der Waals surface area (Å²) in [5, 5.41) is 25.2. The first-order valence-corrected chi connectivity index (χ1v) is 0.707. The number of hydrogen-bond donors (Lipinski definition) is 0. The summed E-state index contributed by atoms with van der Waals surface area (Å²) in [4.78, 5) is 0. The monoisotopic (exact) mass is 244 g/mol. The third-order valence-corrected chi connectivity index (χ3v) is 0. The Morgan fingerprint density at radius 1 is 1.00 bits per heavy atom. The molecule has 0 fully saturated rings. The van der Waals surface area contributed by atoms with E-state index in [2.05, 4.69) is 0 Å². The topological polar surface area (TPSA) is 69.2 Å². The predicted molar refractivity (Wildman–Crippen MR) is 11.5 cm³/mol. The normalized spacial score (nSPS) is 4.50. The van der Waals surface area contributed by atoms with Gasteiger partial charge in [0.15, 0.2) is 0 Å². The van der Waals surface area contributed by atoms with Crippen LogP contribution in [0, 0.1) is 0 Å². The van der Waals surface area contributed by atoms with Gasteiger partial charge in [-0.2, -0.15) is 0 Å². The molecule has 0 aromatic heterocycles. The predicted octanol–water partition coefficient (Wildman–Crippen LogP) is -4.33. The van der Waals surface area contributed by atoms with E-state index in [1.54, 1.807) is 0 Å². The molecule has 6 heteroatoms. The van der Waals surface area contributed by atoms with Crippen LogP contribution < -0.4 is 15.1 Å². The van der Waals surface area contributed by atoms with E-state index in [-0.39, 0.29) is 43.9 Å². The van der Waals surface area contributed by atoms with E-state index < -0.39 is 7.32 Å². The fourth-order valence-electron chi connectivity index (χ4n) is 0. The second-order valence-corrected chi connectivity index (χ2v) is 0.289. The SMILES string of the molecule is [O-]B([O-])[O-].[Sb+3].[Zn+2]. The van der Waals surface area contributed by atoms with Gasteiger partial charge in [0.05, 0.1) is 0 Å². The Kier molecular flexibility index (Phi) is 25.1. The van der Waals surface area contributed by atoms with Crippen LogP contribution in [0.15, 0.2) is 0 Å². The third-order valence-electron chi connectivity index (χ3n) is 0. The fraction of sp³-hybridized carbons (Fsp3) is 0. The van der Waals surface area contributed by atoms with Gasteiger partial charge in [-0.05, 0) is 0 Å². The van der Waals surface area contributed by atoms with Crippen molar-refractivity contribution in [2.75, 3.05) is 0 Å². The molecular weight excluding hydrogens is 246 g/mol. The van der Waals surface area contributed by atoms with Gasteiger partial charge in [0, 0.05) is 0 Å². The van der Waals surface area contributed by atoms with E-state index in [1.807, 2.05) is 0 Å². The molecule has 0 bridgehead atoms.